The molecule has 1 N–H and O–H groups in total. The highest BCUT2D eigenvalue weighted by molar-refractivity contribution is 6.65. The van der Waals surface area contributed by atoms with E-state index in [0.29, 0.717) is 11.4 Å². The summed E-state index contributed by atoms with van der Waals surface area (Å²) in [6.07, 6.45) is 3.46. The first-order chi connectivity index (χ1) is 13.1. The number of aromatic nitrogens is 1. The predicted octanol–water partition coefficient (Wildman–Crippen LogP) is 3.51. The van der Waals surface area contributed by atoms with Gasteiger partial charge in [0, 0.05) is 10.8 Å². The second-order valence-electron chi connectivity index (χ2n) is 8.71. The lowest BCUT2D eigenvalue weighted by Gasteiger charge is -2.32. The Morgan fingerprint density at radius 2 is 1.86 bits per heavy atom. The number of benzene rings is 1. The molecule has 1 aromatic heterocycles. The fourth-order valence-corrected chi connectivity index (χ4v) is 3.85. The van der Waals surface area contributed by atoms with Crippen LogP contribution in [-0.2, 0) is 9.31 Å². The van der Waals surface area contributed by atoms with Crippen LogP contribution in [0.15, 0.2) is 18.2 Å². The molecule has 2 aliphatic rings. The maximum atomic E-state index is 11.6. The highest BCUT2D eigenvalue weighted by Crippen LogP contribution is 2.41. The van der Waals surface area contributed by atoms with E-state index >= 15 is 0 Å². The summed E-state index contributed by atoms with van der Waals surface area (Å²) in [6, 6.07) is 5.63. The van der Waals surface area contributed by atoms with Crippen molar-refractivity contribution in [3.05, 3.63) is 29.3 Å². The molecule has 148 valence electrons. The Morgan fingerprint density at radius 1 is 1.21 bits per heavy atom. The molecule has 1 saturated carbocycles. The van der Waals surface area contributed by atoms with Crippen molar-refractivity contribution in [3.8, 4) is 5.88 Å². The summed E-state index contributed by atoms with van der Waals surface area (Å²) in [7, 11) is 0.877. The number of ether oxygens (including phenoxy) is 1. The predicted molar refractivity (Wildman–Crippen MR) is 108 cm³/mol. The first kappa shape index (κ1) is 19.2. The molecule has 1 aliphatic heterocycles. The van der Waals surface area contributed by atoms with Gasteiger partial charge in [0.05, 0.1) is 23.8 Å². The standard InChI is InChI=1S/C21H26BNO5/c1-20(2)21(3,4)28-22(27-20)16-14(12-7-6-8-12)10-9-13-11-15(19(24)25)18(26-5)23-17(13)16/h9-12H,6-8H2,1-5H3,(H,24,25). The molecule has 6 nitrogen and oxygen atoms in total. The van der Waals surface area contributed by atoms with Crippen LogP contribution in [0.25, 0.3) is 10.9 Å². The summed E-state index contributed by atoms with van der Waals surface area (Å²) in [6.45, 7) is 8.10. The van der Waals surface area contributed by atoms with Gasteiger partial charge in [-0.05, 0) is 58.1 Å². The molecule has 1 aliphatic carbocycles. The number of hydrogen-bond donors (Lipinski definition) is 1. The Hall–Kier alpha value is -2.12. The molecule has 0 radical (unpaired) electrons. The van der Waals surface area contributed by atoms with Gasteiger partial charge in [-0.3, -0.25) is 0 Å². The van der Waals surface area contributed by atoms with E-state index in [0.717, 1.165) is 23.7 Å². The quantitative estimate of drug-likeness (QED) is 0.815. The van der Waals surface area contributed by atoms with E-state index in [-0.39, 0.29) is 11.4 Å². The molecule has 2 heterocycles. The van der Waals surface area contributed by atoms with E-state index in [4.69, 9.17) is 14.0 Å². The van der Waals surface area contributed by atoms with Crippen LogP contribution in [0.4, 0.5) is 0 Å². The van der Waals surface area contributed by atoms with Crippen molar-refractivity contribution in [1.29, 1.82) is 0 Å². The van der Waals surface area contributed by atoms with Crippen LogP contribution in [0, 0.1) is 0 Å². The number of carboxylic acids is 1. The van der Waals surface area contributed by atoms with Gasteiger partial charge in [0.1, 0.15) is 5.56 Å². The summed E-state index contributed by atoms with van der Waals surface area (Å²) < 4.78 is 18.0. The van der Waals surface area contributed by atoms with Gasteiger partial charge >= 0.3 is 13.1 Å². The number of carboxylic acid groups (broad SMARTS) is 1. The van der Waals surface area contributed by atoms with E-state index < -0.39 is 24.3 Å². The zero-order valence-corrected chi connectivity index (χ0v) is 17.0. The minimum absolute atomic E-state index is 0.0475. The maximum absolute atomic E-state index is 11.6. The SMILES string of the molecule is COc1nc2c(B3OC(C)(C)C(C)(C)O3)c(C3CCC3)ccc2cc1C(=O)O. The van der Waals surface area contributed by atoms with E-state index in [1.165, 1.54) is 19.1 Å². The molecule has 2 fully saturated rings. The van der Waals surface area contributed by atoms with Gasteiger partial charge in [-0.15, -0.1) is 0 Å². The van der Waals surface area contributed by atoms with Crippen molar-refractivity contribution in [2.45, 2.75) is 64.1 Å². The number of fused-ring (bicyclic) bond motifs is 1. The molecule has 0 bridgehead atoms. The third-order valence-electron chi connectivity index (χ3n) is 6.48. The molecule has 0 atom stereocenters. The van der Waals surface area contributed by atoms with Gasteiger partial charge in [-0.2, -0.15) is 0 Å². The molecule has 7 heteroatoms. The zero-order valence-electron chi connectivity index (χ0n) is 17.0. The second-order valence-corrected chi connectivity index (χ2v) is 8.71. The highest BCUT2D eigenvalue weighted by atomic mass is 16.7. The smallest absolute Gasteiger partial charge is 0.480 e. The number of carbonyl (C=O) groups is 1. The maximum Gasteiger partial charge on any atom is 0.497 e. The Morgan fingerprint density at radius 3 is 2.36 bits per heavy atom. The van der Waals surface area contributed by atoms with Crippen molar-refractivity contribution in [2.24, 2.45) is 0 Å². The van der Waals surface area contributed by atoms with Crippen LogP contribution in [0.2, 0.25) is 0 Å². The summed E-state index contributed by atoms with van der Waals surface area (Å²) in [5, 5.41) is 10.2. The van der Waals surface area contributed by atoms with E-state index in [2.05, 4.69) is 11.1 Å². The Labute approximate surface area is 165 Å². The van der Waals surface area contributed by atoms with Gasteiger partial charge in [0.15, 0.2) is 0 Å². The van der Waals surface area contributed by atoms with E-state index in [1.807, 2.05) is 33.8 Å². The van der Waals surface area contributed by atoms with E-state index in [9.17, 15) is 9.90 Å². The molecule has 0 spiro atoms. The van der Waals surface area contributed by atoms with Gasteiger partial charge in [0.25, 0.3) is 0 Å². The van der Waals surface area contributed by atoms with Crippen molar-refractivity contribution < 1.29 is 23.9 Å². The highest BCUT2D eigenvalue weighted by Gasteiger charge is 2.53. The van der Waals surface area contributed by atoms with Crippen LogP contribution in [0.1, 0.15) is 68.8 Å². The monoisotopic (exact) mass is 383 g/mol. The summed E-state index contributed by atoms with van der Waals surface area (Å²) in [4.78, 5) is 16.2. The molecule has 28 heavy (non-hydrogen) atoms. The summed E-state index contributed by atoms with van der Waals surface area (Å²) in [5.74, 6) is -0.514. The van der Waals surface area contributed by atoms with Gasteiger partial charge < -0.3 is 19.2 Å². The molecule has 1 aromatic carbocycles. The van der Waals surface area contributed by atoms with Crippen LogP contribution in [-0.4, -0.2) is 41.5 Å². The van der Waals surface area contributed by atoms with Crippen LogP contribution < -0.4 is 10.2 Å². The number of nitrogens with zero attached hydrogens (tertiary/aromatic N) is 1. The van der Waals surface area contributed by atoms with Crippen molar-refractivity contribution >= 4 is 29.5 Å². The lowest BCUT2D eigenvalue weighted by molar-refractivity contribution is 0.00578. The summed E-state index contributed by atoms with van der Waals surface area (Å²) >= 11 is 0. The topological polar surface area (TPSA) is 77.9 Å². The van der Waals surface area contributed by atoms with Gasteiger partial charge in [-0.25, -0.2) is 9.78 Å². The number of methoxy groups -OCH3 is 1. The fourth-order valence-electron chi connectivity index (χ4n) is 3.85. The van der Waals surface area contributed by atoms with Gasteiger partial charge in [0.2, 0.25) is 5.88 Å². The fraction of sp³-hybridized carbons (Fsp3) is 0.524. The van der Waals surface area contributed by atoms with Crippen LogP contribution in [0.3, 0.4) is 0 Å². The minimum atomic E-state index is -1.06. The average Bonchev–Trinajstić information content (AvgIpc) is 2.79. The van der Waals surface area contributed by atoms with Crippen LogP contribution in [0.5, 0.6) is 5.88 Å². The molecule has 0 unspecified atom stereocenters. The zero-order chi connectivity index (χ0) is 20.3. The molecule has 0 amide bonds. The first-order valence-corrected chi connectivity index (χ1v) is 9.75. The largest absolute Gasteiger partial charge is 0.497 e. The van der Waals surface area contributed by atoms with E-state index in [1.54, 1.807) is 6.07 Å². The number of pyridine rings is 1. The molecule has 2 aromatic rings. The summed E-state index contributed by atoms with van der Waals surface area (Å²) in [5.41, 5.74) is 1.87. The Bertz CT molecular complexity index is 935. The molecular formula is C21H26BNO5. The molecular weight excluding hydrogens is 357 g/mol. The van der Waals surface area contributed by atoms with Crippen LogP contribution >= 0.6 is 0 Å². The second kappa shape index (κ2) is 6.46. The van der Waals surface area contributed by atoms with Crippen molar-refractivity contribution in [1.82, 2.24) is 4.98 Å². The van der Waals surface area contributed by atoms with Gasteiger partial charge in [-0.1, -0.05) is 18.6 Å². The number of aromatic carboxylic acids is 1. The average molecular weight is 383 g/mol. The van der Waals surface area contributed by atoms with Crippen molar-refractivity contribution in [3.63, 3.8) is 0 Å². The lowest BCUT2D eigenvalue weighted by Crippen LogP contribution is -2.41. The minimum Gasteiger partial charge on any atom is -0.480 e. The molecule has 4 rings (SSSR count). The Kier molecular flexibility index (Phi) is 4.43. The first-order valence-electron chi connectivity index (χ1n) is 9.75. The number of rotatable bonds is 4. The Balaban J connectivity index is 1.94. The lowest BCUT2D eigenvalue weighted by atomic mass is 9.67. The third kappa shape index (κ3) is 2.88. The molecule has 1 saturated heterocycles. The van der Waals surface area contributed by atoms with Crippen molar-refractivity contribution in [2.75, 3.05) is 7.11 Å². The number of hydrogen-bond acceptors (Lipinski definition) is 5. The normalized spacial score (nSPS) is 21.0. The third-order valence-corrected chi connectivity index (χ3v) is 6.48.